The molecule has 0 atom stereocenters. The summed E-state index contributed by atoms with van der Waals surface area (Å²) >= 11 is 0. The summed E-state index contributed by atoms with van der Waals surface area (Å²) in [6, 6.07) is 0. The summed E-state index contributed by atoms with van der Waals surface area (Å²) in [5, 5.41) is 0. The summed E-state index contributed by atoms with van der Waals surface area (Å²) in [7, 11) is 0. The number of nitrogens with zero attached hydrogens (tertiary/aromatic N) is 1. The van der Waals surface area contributed by atoms with E-state index in [1.54, 1.807) is 20.8 Å². The van der Waals surface area contributed by atoms with Crippen LogP contribution in [0.15, 0.2) is 0 Å². The molecule has 0 fully saturated rings. The van der Waals surface area contributed by atoms with Crippen LogP contribution in [0.2, 0.25) is 0 Å². The van der Waals surface area contributed by atoms with E-state index in [0.29, 0.717) is 6.54 Å². The Labute approximate surface area is 90.6 Å². The van der Waals surface area contributed by atoms with Crippen LogP contribution in [0.25, 0.3) is 0 Å². The van der Waals surface area contributed by atoms with Crippen molar-refractivity contribution in [3.63, 3.8) is 0 Å². The van der Waals surface area contributed by atoms with E-state index in [1.165, 1.54) is 4.90 Å². The predicted molar refractivity (Wildman–Crippen MR) is 57.3 cm³/mol. The van der Waals surface area contributed by atoms with Gasteiger partial charge < -0.3 is 9.53 Å². The highest BCUT2D eigenvalue weighted by atomic mass is 16.6. The summed E-state index contributed by atoms with van der Waals surface area (Å²) in [5.74, 6) is 2.35. The number of ether oxygens (including phenoxy) is 1. The van der Waals surface area contributed by atoms with E-state index in [9.17, 15) is 9.59 Å². The fraction of sp³-hybridized carbons (Fsp3) is 0.636. The van der Waals surface area contributed by atoms with E-state index in [2.05, 4.69) is 5.92 Å². The molecule has 4 heteroatoms. The molecule has 84 valence electrons. The molecule has 0 saturated carbocycles. The van der Waals surface area contributed by atoms with E-state index in [-0.39, 0.29) is 13.0 Å². The van der Waals surface area contributed by atoms with Crippen molar-refractivity contribution in [3.05, 3.63) is 0 Å². The maximum Gasteiger partial charge on any atom is 0.411 e. The van der Waals surface area contributed by atoms with Crippen molar-refractivity contribution in [2.75, 3.05) is 13.1 Å². The van der Waals surface area contributed by atoms with Crippen molar-refractivity contribution in [1.82, 2.24) is 4.90 Å². The van der Waals surface area contributed by atoms with Crippen LogP contribution in [-0.2, 0) is 9.53 Å². The average molecular weight is 211 g/mol. The van der Waals surface area contributed by atoms with Gasteiger partial charge in [0, 0.05) is 13.0 Å². The Kier molecular flexibility index (Phi) is 5.46. The van der Waals surface area contributed by atoms with E-state index in [0.717, 1.165) is 6.29 Å². The third kappa shape index (κ3) is 6.55. The predicted octanol–water partition coefficient (Wildman–Crippen LogP) is 1.45. The standard InChI is InChI=1S/C11H17NO3/c1-5-7-12(8-6-9-13)10(14)15-11(2,3)4/h1,9H,6-8H2,2-4H3. The van der Waals surface area contributed by atoms with E-state index in [4.69, 9.17) is 11.2 Å². The molecule has 0 aliphatic rings. The normalized spacial score (nSPS) is 10.3. The SMILES string of the molecule is C#CCN(CCC=O)C(=O)OC(C)(C)C. The second kappa shape index (κ2) is 6.07. The first-order valence-electron chi connectivity index (χ1n) is 4.75. The highest BCUT2D eigenvalue weighted by Gasteiger charge is 2.20. The summed E-state index contributed by atoms with van der Waals surface area (Å²) < 4.78 is 5.12. The van der Waals surface area contributed by atoms with Crippen molar-refractivity contribution >= 4 is 12.4 Å². The Morgan fingerprint density at radius 2 is 2.13 bits per heavy atom. The Balaban J connectivity index is 4.29. The number of amides is 1. The van der Waals surface area contributed by atoms with Crippen molar-refractivity contribution in [3.8, 4) is 12.3 Å². The van der Waals surface area contributed by atoms with Crippen molar-refractivity contribution in [2.45, 2.75) is 32.8 Å². The molecular formula is C11H17NO3. The van der Waals surface area contributed by atoms with Crippen LogP contribution in [0.4, 0.5) is 4.79 Å². The molecule has 0 N–H and O–H groups in total. The molecule has 0 rings (SSSR count). The summed E-state index contributed by atoms with van der Waals surface area (Å²) in [6.45, 7) is 5.78. The topological polar surface area (TPSA) is 46.6 Å². The molecule has 0 aliphatic carbocycles. The smallest absolute Gasteiger partial charge is 0.411 e. The van der Waals surface area contributed by atoms with Gasteiger partial charge in [0.2, 0.25) is 0 Å². The largest absolute Gasteiger partial charge is 0.444 e. The second-order valence-corrected chi connectivity index (χ2v) is 4.06. The number of carbonyl (C=O) groups is 2. The maximum atomic E-state index is 11.5. The van der Waals surface area contributed by atoms with E-state index >= 15 is 0 Å². The Hall–Kier alpha value is -1.50. The molecule has 0 aromatic heterocycles. The highest BCUT2D eigenvalue weighted by molar-refractivity contribution is 5.69. The first kappa shape index (κ1) is 13.5. The first-order chi connectivity index (χ1) is 6.90. The minimum atomic E-state index is -0.550. The molecule has 0 spiro atoms. The van der Waals surface area contributed by atoms with Gasteiger partial charge in [0.15, 0.2) is 0 Å². The molecule has 15 heavy (non-hydrogen) atoms. The van der Waals surface area contributed by atoms with Gasteiger partial charge in [-0.25, -0.2) is 4.79 Å². The summed E-state index contributed by atoms with van der Waals surface area (Å²) in [5.41, 5.74) is -0.550. The number of terminal acetylenes is 1. The number of aldehydes is 1. The zero-order valence-corrected chi connectivity index (χ0v) is 9.45. The maximum absolute atomic E-state index is 11.5. The van der Waals surface area contributed by atoms with Crippen LogP contribution in [0.5, 0.6) is 0 Å². The van der Waals surface area contributed by atoms with Gasteiger partial charge in [-0.1, -0.05) is 5.92 Å². The van der Waals surface area contributed by atoms with Gasteiger partial charge >= 0.3 is 6.09 Å². The van der Waals surface area contributed by atoms with Gasteiger partial charge in [-0.3, -0.25) is 4.90 Å². The van der Waals surface area contributed by atoms with Gasteiger partial charge in [-0.15, -0.1) is 6.42 Å². The summed E-state index contributed by atoms with van der Waals surface area (Å²) in [6.07, 6.45) is 5.64. The minimum Gasteiger partial charge on any atom is -0.444 e. The Morgan fingerprint density at radius 1 is 1.53 bits per heavy atom. The molecule has 0 bridgehead atoms. The highest BCUT2D eigenvalue weighted by Crippen LogP contribution is 2.09. The number of rotatable bonds is 4. The van der Waals surface area contributed by atoms with Gasteiger partial charge in [-0.2, -0.15) is 0 Å². The molecule has 0 saturated heterocycles. The minimum absolute atomic E-state index is 0.156. The fourth-order valence-corrected chi connectivity index (χ4v) is 0.880. The molecule has 1 amide bonds. The van der Waals surface area contributed by atoms with Crippen molar-refractivity contribution in [1.29, 1.82) is 0 Å². The zero-order chi connectivity index (χ0) is 11.9. The number of hydrogen-bond acceptors (Lipinski definition) is 3. The lowest BCUT2D eigenvalue weighted by Gasteiger charge is -2.25. The van der Waals surface area contributed by atoms with Crippen LogP contribution in [0, 0.1) is 12.3 Å². The molecule has 4 nitrogen and oxygen atoms in total. The molecule has 0 aromatic carbocycles. The van der Waals surface area contributed by atoms with Gasteiger partial charge in [0.25, 0.3) is 0 Å². The lowest BCUT2D eigenvalue weighted by molar-refractivity contribution is -0.108. The van der Waals surface area contributed by atoms with Gasteiger partial charge in [0.1, 0.15) is 11.9 Å². The molecule has 0 radical (unpaired) electrons. The molecular weight excluding hydrogens is 194 g/mol. The number of carbonyl (C=O) groups excluding carboxylic acids is 2. The van der Waals surface area contributed by atoms with Crippen molar-refractivity contribution < 1.29 is 14.3 Å². The third-order valence-electron chi connectivity index (χ3n) is 1.45. The lowest BCUT2D eigenvalue weighted by atomic mass is 10.2. The lowest BCUT2D eigenvalue weighted by Crippen LogP contribution is -2.37. The Bertz CT molecular complexity index is 260. The quantitative estimate of drug-likeness (QED) is 0.522. The van der Waals surface area contributed by atoms with Crippen LogP contribution in [-0.4, -0.2) is 36.0 Å². The van der Waals surface area contributed by atoms with Crippen molar-refractivity contribution in [2.24, 2.45) is 0 Å². The van der Waals surface area contributed by atoms with Crippen LogP contribution in [0.3, 0.4) is 0 Å². The van der Waals surface area contributed by atoms with Gasteiger partial charge in [0.05, 0.1) is 6.54 Å². The first-order valence-corrected chi connectivity index (χ1v) is 4.75. The zero-order valence-electron chi connectivity index (χ0n) is 9.45. The van der Waals surface area contributed by atoms with E-state index in [1.807, 2.05) is 0 Å². The molecule has 0 aromatic rings. The second-order valence-electron chi connectivity index (χ2n) is 4.06. The molecule has 0 aliphatic heterocycles. The number of hydrogen-bond donors (Lipinski definition) is 0. The fourth-order valence-electron chi connectivity index (χ4n) is 0.880. The van der Waals surface area contributed by atoms with Crippen LogP contribution < -0.4 is 0 Å². The molecule has 0 heterocycles. The third-order valence-corrected chi connectivity index (χ3v) is 1.45. The average Bonchev–Trinajstić information content (AvgIpc) is 2.09. The molecule has 0 unspecified atom stereocenters. The monoisotopic (exact) mass is 211 g/mol. The summed E-state index contributed by atoms with van der Waals surface area (Å²) in [4.78, 5) is 23.1. The van der Waals surface area contributed by atoms with Gasteiger partial charge in [-0.05, 0) is 20.8 Å². The van der Waals surface area contributed by atoms with E-state index < -0.39 is 11.7 Å². The van der Waals surface area contributed by atoms with Crippen LogP contribution in [0.1, 0.15) is 27.2 Å². The Morgan fingerprint density at radius 3 is 2.53 bits per heavy atom. The van der Waals surface area contributed by atoms with Crippen LogP contribution >= 0.6 is 0 Å².